The van der Waals surface area contributed by atoms with Gasteiger partial charge in [0.1, 0.15) is 22.0 Å². The number of nitriles is 1. The van der Waals surface area contributed by atoms with Gasteiger partial charge in [-0.3, -0.25) is 5.32 Å². The summed E-state index contributed by atoms with van der Waals surface area (Å²) in [5.74, 6) is 0.800. The van der Waals surface area contributed by atoms with Crippen LogP contribution < -0.4 is 10.1 Å². The number of benzene rings is 1. The molecule has 0 spiro atoms. The van der Waals surface area contributed by atoms with E-state index in [-0.39, 0.29) is 12.0 Å². The summed E-state index contributed by atoms with van der Waals surface area (Å²) in [6.45, 7) is 0.626. The average Bonchev–Trinajstić information content (AvgIpc) is 3.08. The topological polar surface area (TPSA) is 66.6 Å². The molecule has 1 aromatic carbocycles. The molecule has 1 fully saturated rings. The average molecular weight is 350 g/mol. The van der Waals surface area contributed by atoms with Crippen LogP contribution in [0.4, 0.5) is 0 Å². The van der Waals surface area contributed by atoms with E-state index < -0.39 is 5.54 Å². The fraction of sp³-hybridized carbons (Fsp3) is 0.467. The van der Waals surface area contributed by atoms with Crippen LogP contribution >= 0.6 is 15.9 Å². The number of rotatable bonds is 4. The Bertz CT molecular complexity index is 596. The smallest absolute Gasteiger partial charge is 0.139 e. The summed E-state index contributed by atoms with van der Waals surface area (Å²) in [6, 6.07) is 10.3. The Kier molecular flexibility index (Phi) is 3.87. The van der Waals surface area contributed by atoms with Crippen molar-refractivity contribution in [2.45, 2.75) is 31.0 Å². The molecule has 1 aromatic rings. The Morgan fingerprint density at radius 2 is 2.29 bits per heavy atom. The predicted molar refractivity (Wildman–Crippen MR) is 82.1 cm³/mol. The van der Waals surface area contributed by atoms with Gasteiger partial charge in [-0.25, -0.2) is 0 Å². The van der Waals surface area contributed by atoms with E-state index in [1.165, 1.54) is 0 Å². The van der Waals surface area contributed by atoms with E-state index in [0.29, 0.717) is 6.54 Å². The molecule has 0 aromatic heterocycles. The summed E-state index contributed by atoms with van der Waals surface area (Å²) in [4.78, 5) is 5.36. The highest BCUT2D eigenvalue weighted by molar-refractivity contribution is 9.18. The zero-order valence-corrected chi connectivity index (χ0v) is 13.3. The highest BCUT2D eigenvalue weighted by Gasteiger charge is 2.55. The third-order valence-electron chi connectivity index (χ3n) is 4.22. The molecule has 1 saturated carbocycles. The summed E-state index contributed by atoms with van der Waals surface area (Å²) in [6.07, 6.45) is 1.61. The van der Waals surface area contributed by atoms with Crippen LogP contribution in [0.15, 0.2) is 29.4 Å². The van der Waals surface area contributed by atoms with Crippen molar-refractivity contribution in [3.05, 3.63) is 29.8 Å². The zero-order chi connectivity index (χ0) is 14.9. The quantitative estimate of drug-likeness (QED) is 0.906. The Morgan fingerprint density at radius 3 is 2.95 bits per heavy atom. The molecule has 2 aliphatic rings. The molecule has 1 heterocycles. The molecule has 21 heavy (non-hydrogen) atoms. The Balaban J connectivity index is 1.73. The van der Waals surface area contributed by atoms with Crippen LogP contribution in [0, 0.1) is 17.2 Å². The highest BCUT2D eigenvalue weighted by atomic mass is 79.9. The van der Waals surface area contributed by atoms with Gasteiger partial charge in [-0.1, -0.05) is 17.3 Å². The summed E-state index contributed by atoms with van der Waals surface area (Å²) < 4.78 is 5.88. The maximum Gasteiger partial charge on any atom is 0.139 e. The molecule has 0 amide bonds. The maximum atomic E-state index is 9.68. The van der Waals surface area contributed by atoms with Gasteiger partial charge in [0.05, 0.1) is 19.1 Å². The van der Waals surface area contributed by atoms with Gasteiger partial charge in [0.2, 0.25) is 0 Å². The summed E-state index contributed by atoms with van der Waals surface area (Å²) in [5.41, 5.74) is 0.490. The summed E-state index contributed by atoms with van der Waals surface area (Å²) in [7, 11) is 1.65. The molecule has 5 nitrogen and oxygen atoms in total. The molecule has 1 aliphatic heterocycles. The second-order valence-electron chi connectivity index (χ2n) is 5.36. The number of ether oxygens (including phenoxy) is 1. The van der Waals surface area contributed by atoms with E-state index in [0.717, 1.165) is 28.8 Å². The summed E-state index contributed by atoms with van der Waals surface area (Å²) >= 11 is 3.42. The molecule has 3 atom stereocenters. The van der Waals surface area contributed by atoms with Crippen LogP contribution in [0.1, 0.15) is 18.4 Å². The lowest BCUT2D eigenvalue weighted by Gasteiger charge is -2.27. The van der Waals surface area contributed by atoms with Crippen LogP contribution in [0.5, 0.6) is 5.75 Å². The van der Waals surface area contributed by atoms with Crippen molar-refractivity contribution in [2.75, 3.05) is 7.11 Å². The third-order valence-corrected chi connectivity index (χ3v) is 4.86. The Hall–Kier alpha value is -1.58. The summed E-state index contributed by atoms with van der Waals surface area (Å²) in [5, 5.41) is 17.1. The predicted octanol–water partition coefficient (Wildman–Crippen LogP) is 2.56. The molecule has 3 rings (SSSR count). The molecule has 1 N–H and O–H groups in total. The zero-order valence-electron chi connectivity index (χ0n) is 11.7. The number of methoxy groups -OCH3 is 1. The lowest BCUT2D eigenvalue weighted by Crippen LogP contribution is -2.49. The van der Waals surface area contributed by atoms with Gasteiger partial charge in [-0.15, -0.1) is 0 Å². The second kappa shape index (κ2) is 5.66. The van der Waals surface area contributed by atoms with Crippen molar-refractivity contribution < 1.29 is 9.57 Å². The molecule has 110 valence electrons. The standard InChI is InChI=1S/C15H16BrN3O2/c1-20-11-4-2-10(3-5-11)8-18-15(9-17)7-6-12-13(15)14(16)19-21-12/h2-5,12-13,18H,6-8H2,1H3/t12-,13+,15-/m0/s1. The number of halogens is 1. The largest absolute Gasteiger partial charge is 0.497 e. The minimum atomic E-state index is -0.622. The highest BCUT2D eigenvalue weighted by Crippen LogP contribution is 2.43. The van der Waals surface area contributed by atoms with Crippen molar-refractivity contribution >= 4 is 20.6 Å². The van der Waals surface area contributed by atoms with Crippen molar-refractivity contribution in [1.82, 2.24) is 5.32 Å². The molecule has 0 saturated heterocycles. The van der Waals surface area contributed by atoms with Gasteiger partial charge < -0.3 is 9.57 Å². The van der Waals surface area contributed by atoms with Gasteiger partial charge in [0.25, 0.3) is 0 Å². The van der Waals surface area contributed by atoms with Gasteiger partial charge in [-0.05, 0) is 46.5 Å². The monoisotopic (exact) mass is 349 g/mol. The first-order valence-electron chi connectivity index (χ1n) is 6.87. The minimum Gasteiger partial charge on any atom is -0.497 e. The Labute approximate surface area is 132 Å². The SMILES string of the molecule is COc1ccc(CN[C@]2(C#N)CC[C@@H]3ON=C(Br)[C@@H]32)cc1. The van der Waals surface area contributed by atoms with Crippen LogP contribution in [0.3, 0.4) is 0 Å². The Morgan fingerprint density at radius 1 is 1.52 bits per heavy atom. The first-order valence-corrected chi connectivity index (χ1v) is 7.66. The maximum absolute atomic E-state index is 9.68. The normalized spacial score (nSPS) is 30.2. The lowest BCUT2D eigenvalue weighted by atomic mass is 9.88. The van der Waals surface area contributed by atoms with E-state index in [1.54, 1.807) is 7.11 Å². The van der Waals surface area contributed by atoms with Crippen molar-refractivity contribution in [3.63, 3.8) is 0 Å². The van der Waals surface area contributed by atoms with Crippen LogP contribution in [-0.2, 0) is 11.4 Å². The van der Waals surface area contributed by atoms with Crippen LogP contribution in [0.2, 0.25) is 0 Å². The van der Waals surface area contributed by atoms with Crippen molar-refractivity contribution in [1.29, 1.82) is 5.26 Å². The van der Waals surface area contributed by atoms with Crippen LogP contribution in [0.25, 0.3) is 0 Å². The van der Waals surface area contributed by atoms with Gasteiger partial charge in [-0.2, -0.15) is 5.26 Å². The molecular formula is C15H16BrN3O2. The number of hydrogen-bond donors (Lipinski definition) is 1. The van der Waals surface area contributed by atoms with E-state index in [2.05, 4.69) is 32.5 Å². The third kappa shape index (κ3) is 2.52. The molecule has 1 aliphatic carbocycles. The molecule has 0 bridgehead atoms. The van der Waals surface area contributed by atoms with E-state index >= 15 is 0 Å². The molecule has 0 radical (unpaired) electrons. The number of hydrogen-bond acceptors (Lipinski definition) is 5. The number of oxime groups is 1. The first-order chi connectivity index (χ1) is 10.2. The first kappa shape index (κ1) is 14.4. The number of fused-ring (bicyclic) bond motifs is 1. The van der Waals surface area contributed by atoms with Crippen molar-refractivity contribution in [3.8, 4) is 11.8 Å². The number of nitrogens with zero attached hydrogens (tertiary/aromatic N) is 2. The molecule has 6 heteroatoms. The fourth-order valence-electron chi connectivity index (χ4n) is 3.02. The van der Waals surface area contributed by atoms with E-state index in [9.17, 15) is 5.26 Å². The minimum absolute atomic E-state index is 0.00222. The van der Waals surface area contributed by atoms with Crippen molar-refractivity contribution in [2.24, 2.45) is 11.1 Å². The van der Waals surface area contributed by atoms with Gasteiger partial charge in [0, 0.05) is 6.54 Å². The number of nitrogens with one attached hydrogen (secondary N) is 1. The van der Waals surface area contributed by atoms with E-state index in [1.807, 2.05) is 24.3 Å². The molecular weight excluding hydrogens is 334 g/mol. The van der Waals surface area contributed by atoms with E-state index in [4.69, 9.17) is 9.57 Å². The lowest BCUT2D eigenvalue weighted by molar-refractivity contribution is 0.0695. The van der Waals surface area contributed by atoms with Gasteiger partial charge in [0.15, 0.2) is 0 Å². The van der Waals surface area contributed by atoms with Gasteiger partial charge >= 0.3 is 0 Å². The second-order valence-corrected chi connectivity index (χ2v) is 6.17. The fourth-order valence-corrected chi connectivity index (χ4v) is 3.79. The molecule has 0 unspecified atom stereocenters. The van der Waals surface area contributed by atoms with Crippen LogP contribution in [-0.4, -0.2) is 23.4 Å².